The highest BCUT2D eigenvalue weighted by Gasteiger charge is 2.27. The number of para-hydroxylation sites is 1. The summed E-state index contributed by atoms with van der Waals surface area (Å²) in [5.74, 6) is -0.220. The number of alkyl halides is 3. The Hall–Kier alpha value is -1.82. The molecule has 0 spiro atoms. The maximum absolute atomic E-state index is 12.1. The number of Topliss-reactive ketones (excluding diaryl/α,β-unsaturated/α-hetero) is 1. The molecular weight excluding hydrogens is 271 g/mol. The number of halogens is 3. The number of nitrogens with one attached hydrogen (secondary N) is 1. The molecule has 0 amide bonds. The molecule has 0 aliphatic rings. The molecule has 2 rings (SSSR count). The lowest BCUT2D eigenvalue weighted by Crippen LogP contribution is -2.18. The van der Waals surface area contributed by atoms with Crippen molar-refractivity contribution < 1.29 is 22.7 Å². The molecular formula is C14H14F3NO2. The number of benzene rings is 1. The Morgan fingerprint density at radius 1 is 1.30 bits per heavy atom. The number of hydrogen-bond donors (Lipinski definition) is 1. The summed E-state index contributed by atoms with van der Waals surface area (Å²) in [6.45, 7) is 0.203. The van der Waals surface area contributed by atoms with Crippen LogP contribution in [0.5, 0.6) is 0 Å². The Labute approximate surface area is 113 Å². The zero-order valence-electron chi connectivity index (χ0n) is 10.9. The molecule has 1 aromatic carbocycles. The van der Waals surface area contributed by atoms with Gasteiger partial charge in [-0.1, -0.05) is 18.2 Å². The molecule has 2 aromatic rings. The third kappa shape index (κ3) is 3.39. The van der Waals surface area contributed by atoms with Gasteiger partial charge in [0.1, 0.15) is 6.61 Å². The Kier molecular flexibility index (Phi) is 4.13. The summed E-state index contributed by atoms with van der Waals surface area (Å²) < 4.78 is 40.2. The molecule has 0 bridgehead atoms. The van der Waals surface area contributed by atoms with E-state index in [0.717, 1.165) is 10.9 Å². The molecule has 0 saturated carbocycles. The minimum atomic E-state index is -4.36. The van der Waals surface area contributed by atoms with Crippen molar-refractivity contribution in [2.75, 3.05) is 13.2 Å². The van der Waals surface area contributed by atoms with Gasteiger partial charge in [0.2, 0.25) is 0 Å². The van der Waals surface area contributed by atoms with E-state index >= 15 is 0 Å². The SMILES string of the molecule is Cc1[nH]c2ccccc2c1C(=O)CCOCC(F)(F)F. The monoisotopic (exact) mass is 285 g/mol. The number of fused-ring (bicyclic) bond motifs is 1. The standard InChI is InChI=1S/C14H14F3NO2/c1-9-13(10-4-2-3-5-11(10)18-9)12(19)6-7-20-8-14(15,16)17/h2-5,18H,6-8H2,1H3. The highest BCUT2D eigenvalue weighted by atomic mass is 19.4. The van der Waals surface area contributed by atoms with Crippen LogP contribution in [-0.2, 0) is 4.74 Å². The fourth-order valence-electron chi connectivity index (χ4n) is 2.11. The minimum absolute atomic E-state index is 0.0707. The lowest BCUT2D eigenvalue weighted by atomic mass is 10.0. The molecule has 0 radical (unpaired) electrons. The molecule has 1 N–H and O–H groups in total. The van der Waals surface area contributed by atoms with Gasteiger partial charge in [0.25, 0.3) is 0 Å². The summed E-state index contributed by atoms with van der Waals surface area (Å²) in [6.07, 6.45) is -4.43. The highest BCUT2D eigenvalue weighted by Crippen LogP contribution is 2.23. The summed E-state index contributed by atoms with van der Waals surface area (Å²) >= 11 is 0. The Morgan fingerprint density at radius 3 is 2.70 bits per heavy atom. The number of aromatic nitrogens is 1. The summed E-state index contributed by atoms with van der Waals surface area (Å²) in [4.78, 5) is 15.2. The molecule has 0 aliphatic carbocycles. The van der Waals surface area contributed by atoms with Crippen molar-refractivity contribution in [2.24, 2.45) is 0 Å². The van der Waals surface area contributed by atoms with Crippen molar-refractivity contribution >= 4 is 16.7 Å². The Bertz CT molecular complexity index is 616. The van der Waals surface area contributed by atoms with Crippen LogP contribution in [0.15, 0.2) is 24.3 Å². The maximum Gasteiger partial charge on any atom is 0.411 e. The second-order valence-electron chi connectivity index (χ2n) is 4.51. The van der Waals surface area contributed by atoms with Crippen LogP contribution in [0.4, 0.5) is 13.2 Å². The molecule has 20 heavy (non-hydrogen) atoms. The van der Waals surface area contributed by atoms with Crippen molar-refractivity contribution in [3.63, 3.8) is 0 Å². The third-order valence-corrected chi connectivity index (χ3v) is 2.91. The van der Waals surface area contributed by atoms with Gasteiger partial charge in [0.15, 0.2) is 5.78 Å². The lowest BCUT2D eigenvalue weighted by molar-refractivity contribution is -0.173. The van der Waals surface area contributed by atoms with Gasteiger partial charge >= 0.3 is 6.18 Å². The molecule has 0 aliphatic heterocycles. The van der Waals surface area contributed by atoms with E-state index in [1.165, 1.54) is 0 Å². The predicted molar refractivity (Wildman–Crippen MR) is 68.9 cm³/mol. The van der Waals surface area contributed by atoms with Crippen LogP contribution in [0, 0.1) is 6.92 Å². The fourth-order valence-corrected chi connectivity index (χ4v) is 2.11. The number of hydrogen-bond acceptors (Lipinski definition) is 2. The number of aromatic amines is 1. The van der Waals surface area contributed by atoms with E-state index in [9.17, 15) is 18.0 Å². The van der Waals surface area contributed by atoms with E-state index in [1.54, 1.807) is 6.92 Å². The second-order valence-corrected chi connectivity index (χ2v) is 4.51. The Morgan fingerprint density at radius 2 is 2.00 bits per heavy atom. The first-order chi connectivity index (χ1) is 9.38. The molecule has 0 fully saturated rings. The number of rotatable bonds is 5. The number of ether oxygens (including phenoxy) is 1. The van der Waals surface area contributed by atoms with Crippen LogP contribution in [0.1, 0.15) is 22.5 Å². The largest absolute Gasteiger partial charge is 0.411 e. The molecule has 1 heterocycles. The number of ketones is 1. The van der Waals surface area contributed by atoms with Crippen molar-refractivity contribution in [3.05, 3.63) is 35.5 Å². The van der Waals surface area contributed by atoms with Crippen molar-refractivity contribution in [3.8, 4) is 0 Å². The third-order valence-electron chi connectivity index (χ3n) is 2.91. The van der Waals surface area contributed by atoms with Crippen LogP contribution in [0.3, 0.4) is 0 Å². The van der Waals surface area contributed by atoms with Crippen LogP contribution in [0.2, 0.25) is 0 Å². The molecule has 108 valence electrons. The van der Waals surface area contributed by atoms with Crippen LogP contribution < -0.4 is 0 Å². The van der Waals surface area contributed by atoms with Gasteiger partial charge in [0, 0.05) is 28.6 Å². The van der Waals surface area contributed by atoms with Gasteiger partial charge in [0.05, 0.1) is 6.61 Å². The zero-order chi connectivity index (χ0) is 14.8. The fraction of sp³-hybridized carbons (Fsp3) is 0.357. The highest BCUT2D eigenvalue weighted by molar-refractivity contribution is 6.09. The van der Waals surface area contributed by atoms with E-state index in [1.807, 2.05) is 24.3 Å². The average Bonchev–Trinajstić information content (AvgIpc) is 2.69. The van der Waals surface area contributed by atoms with E-state index < -0.39 is 12.8 Å². The smallest absolute Gasteiger partial charge is 0.372 e. The van der Waals surface area contributed by atoms with Crippen LogP contribution >= 0.6 is 0 Å². The Balaban J connectivity index is 2.03. The van der Waals surface area contributed by atoms with E-state index in [-0.39, 0.29) is 18.8 Å². The normalized spacial score (nSPS) is 12.0. The van der Waals surface area contributed by atoms with Crippen molar-refractivity contribution in [1.29, 1.82) is 0 Å². The first-order valence-electron chi connectivity index (χ1n) is 6.13. The van der Waals surface area contributed by atoms with Gasteiger partial charge < -0.3 is 9.72 Å². The molecule has 0 saturated heterocycles. The second kappa shape index (κ2) is 5.66. The number of aryl methyl sites for hydroxylation is 1. The summed E-state index contributed by atoms with van der Waals surface area (Å²) in [7, 11) is 0. The first-order valence-corrected chi connectivity index (χ1v) is 6.13. The topological polar surface area (TPSA) is 42.1 Å². The van der Waals surface area contributed by atoms with Gasteiger partial charge in [-0.3, -0.25) is 4.79 Å². The van der Waals surface area contributed by atoms with Crippen LogP contribution in [-0.4, -0.2) is 30.2 Å². The van der Waals surface area contributed by atoms with Gasteiger partial charge in [-0.15, -0.1) is 0 Å². The maximum atomic E-state index is 12.1. The minimum Gasteiger partial charge on any atom is -0.372 e. The van der Waals surface area contributed by atoms with Crippen LogP contribution in [0.25, 0.3) is 10.9 Å². The van der Waals surface area contributed by atoms with E-state index in [2.05, 4.69) is 9.72 Å². The molecule has 0 atom stereocenters. The molecule has 6 heteroatoms. The van der Waals surface area contributed by atoms with E-state index in [4.69, 9.17) is 0 Å². The molecule has 1 aromatic heterocycles. The number of H-pyrrole nitrogens is 1. The van der Waals surface area contributed by atoms with Gasteiger partial charge in [-0.05, 0) is 13.0 Å². The van der Waals surface area contributed by atoms with E-state index in [0.29, 0.717) is 11.3 Å². The quantitative estimate of drug-likeness (QED) is 0.673. The molecule has 3 nitrogen and oxygen atoms in total. The van der Waals surface area contributed by atoms with Crippen molar-refractivity contribution in [2.45, 2.75) is 19.5 Å². The lowest BCUT2D eigenvalue weighted by Gasteiger charge is -2.07. The number of carbonyl (C=O) groups excluding carboxylic acids is 1. The van der Waals surface area contributed by atoms with Gasteiger partial charge in [-0.2, -0.15) is 13.2 Å². The van der Waals surface area contributed by atoms with Gasteiger partial charge in [-0.25, -0.2) is 0 Å². The molecule has 0 unspecified atom stereocenters. The number of carbonyl (C=O) groups is 1. The summed E-state index contributed by atoms with van der Waals surface area (Å²) in [5.41, 5.74) is 2.08. The average molecular weight is 285 g/mol. The summed E-state index contributed by atoms with van der Waals surface area (Å²) in [6, 6.07) is 7.31. The first kappa shape index (κ1) is 14.6. The predicted octanol–water partition coefficient (Wildman–Crippen LogP) is 3.63. The van der Waals surface area contributed by atoms with Crippen molar-refractivity contribution in [1.82, 2.24) is 4.98 Å². The zero-order valence-corrected chi connectivity index (χ0v) is 10.9. The summed E-state index contributed by atoms with van der Waals surface area (Å²) in [5, 5.41) is 0.783.